The van der Waals surface area contributed by atoms with Crippen LogP contribution in [0.2, 0.25) is 0 Å². The Kier molecular flexibility index (Phi) is 4.28. The van der Waals surface area contributed by atoms with E-state index in [1.807, 2.05) is 40.6 Å². The first-order valence-corrected chi connectivity index (χ1v) is 8.68. The van der Waals surface area contributed by atoms with E-state index in [9.17, 15) is 4.79 Å². The summed E-state index contributed by atoms with van der Waals surface area (Å²) in [4.78, 5) is 12.4. The van der Waals surface area contributed by atoms with Gasteiger partial charge in [0.05, 0.1) is 24.5 Å². The van der Waals surface area contributed by atoms with Gasteiger partial charge in [0.1, 0.15) is 6.54 Å². The van der Waals surface area contributed by atoms with E-state index in [4.69, 9.17) is 4.74 Å². The topological polar surface area (TPSA) is 61.1 Å². The van der Waals surface area contributed by atoms with Crippen molar-refractivity contribution in [2.75, 3.05) is 11.9 Å². The van der Waals surface area contributed by atoms with Crippen molar-refractivity contribution in [3.05, 3.63) is 48.4 Å². The van der Waals surface area contributed by atoms with E-state index >= 15 is 0 Å². The highest BCUT2D eigenvalue weighted by Gasteiger charge is 2.17. The first-order chi connectivity index (χ1) is 12.2. The van der Waals surface area contributed by atoms with Gasteiger partial charge in [-0.3, -0.25) is 9.48 Å². The summed E-state index contributed by atoms with van der Waals surface area (Å²) < 4.78 is 9.48. The molecule has 0 bridgehead atoms. The number of carbonyl (C=O) groups excluding carboxylic acids is 1. The molecule has 25 heavy (non-hydrogen) atoms. The van der Waals surface area contributed by atoms with Gasteiger partial charge in [-0.2, -0.15) is 5.10 Å². The first-order valence-electron chi connectivity index (χ1n) is 8.68. The third-order valence-corrected chi connectivity index (χ3v) is 4.65. The number of nitrogens with one attached hydrogen (secondary N) is 1. The van der Waals surface area contributed by atoms with Crippen molar-refractivity contribution in [3.63, 3.8) is 0 Å². The smallest absolute Gasteiger partial charge is 0.244 e. The molecule has 1 saturated heterocycles. The molecule has 0 spiro atoms. The monoisotopic (exact) mass is 338 g/mol. The number of amides is 1. The van der Waals surface area contributed by atoms with Crippen LogP contribution in [0.15, 0.2) is 42.7 Å². The minimum atomic E-state index is -0.0545. The summed E-state index contributed by atoms with van der Waals surface area (Å²) in [5.74, 6) is -0.0545. The minimum Gasteiger partial charge on any atom is -0.376 e. The highest BCUT2D eigenvalue weighted by atomic mass is 16.5. The normalized spacial score (nSPS) is 17.2. The van der Waals surface area contributed by atoms with Crippen LogP contribution in [-0.2, 0) is 22.6 Å². The third kappa shape index (κ3) is 3.44. The van der Waals surface area contributed by atoms with Crippen molar-refractivity contribution in [3.8, 4) is 0 Å². The zero-order valence-electron chi connectivity index (χ0n) is 14.3. The summed E-state index contributed by atoms with van der Waals surface area (Å²) >= 11 is 0. The van der Waals surface area contributed by atoms with Crippen molar-refractivity contribution in [1.82, 2.24) is 14.3 Å². The van der Waals surface area contributed by atoms with Crippen LogP contribution in [0.4, 0.5) is 5.69 Å². The van der Waals surface area contributed by atoms with E-state index in [-0.39, 0.29) is 18.6 Å². The second-order valence-corrected chi connectivity index (χ2v) is 6.56. The largest absolute Gasteiger partial charge is 0.376 e. The Bertz CT molecular complexity index is 890. The van der Waals surface area contributed by atoms with E-state index in [1.54, 1.807) is 6.20 Å². The van der Waals surface area contributed by atoms with Crippen LogP contribution >= 0.6 is 0 Å². The average molecular weight is 338 g/mol. The highest BCUT2D eigenvalue weighted by Crippen LogP contribution is 2.19. The van der Waals surface area contributed by atoms with Gasteiger partial charge in [-0.05, 0) is 37.3 Å². The molecule has 1 unspecified atom stereocenters. The van der Waals surface area contributed by atoms with Gasteiger partial charge in [0.15, 0.2) is 0 Å². The minimum absolute atomic E-state index is 0.0545. The fourth-order valence-corrected chi connectivity index (χ4v) is 3.43. The van der Waals surface area contributed by atoms with E-state index in [1.165, 1.54) is 0 Å². The molecule has 3 heterocycles. The molecule has 0 saturated carbocycles. The molecule has 1 N–H and O–H groups in total. The number of hydrogen-bond donors (Lipinski definition) is 1. The number of ether oxygens (including phenoxy) is 1. The molecule has 0 radical (unpaired) electrons. The van der Waals surface area contributed by atoms with Crippen molar-refractivity contribution >= 4 is 22.5 Å². The van der Waals surface area contributed by atoms with Gasteiger partial charge in [-0.1, -0.05) is 18.2 Å². The quantitative estimate of drug-likeness (QED) is 0.778. The Morgan fingerprint density at radius 1 is 1.40 bits per heavy atom. The molecule has 1 aliphatic heterocycles. The van der Waals surface area contributed by atoms with Crippen LogP contribution in [0.3, 0.4) is 0 Å². The predicted molar refractivity (Wildman–Crippen MR) is 96.5 cm³/mol. The number of hydrogen-bond acceptors (Lipinski definition) is 3. The Labute approximate surface area is 146 Å². The number of nitrogens with zero attached hydrogens (tertiary/aromatic N) is 3. The maximum absolute atomic E-state index is 12.4. The van der Waals surface area contributed by atoms with Gasteiger partial charge < -0.3 is 14.6 Å². The Morgan fingerprint density at radius 2 is 2.28 bits per heavy atom. The summed E-state index contributed by atoms with van der Waals surface area (Å²) in [7, 11) is 0. The molecule has 4 rings (SSSR count). The van der Waals surface area contributed by atoms with Crippen LogP contribution in [0, 0.1) is 6.92 Å². The first kappa shape index (κ1) is 15.9. The SMILES string of the molecule is Cc1cc2ccccc2n1CC(=O)Nc1cnn(CC2CCCO2)c1. The summed E-state index contributed by atoms with van der Waals surface area (Å²) in [6.07, 6.45) is 5.96. The van der Waals surface area contributed by atoms with Gasteiger partial charge >= 0.3 is 0 Å². The predicted octanol–water partition coefficient (Wildman–Crippen LogP) is 2.96. The number of para-hydroxylation sites is 1. The molecule has 6 nitrogen and oxygen atoms in total. The van der Waals surface area contributed by atoms with E-state index in [0.29, 0.717) is 0 Å². The number of anilines is 1. The number of fused-ring (bicyclic) bond motifs is 1. The van der Waals surface area contributed by atoms with Gasteiger partial charge in [0.2, 0.25) is 5.91 Å². The van der Waals surface area contributed by atoms with Crippen LogP contribution in [-0.4, -0.2) is 33.0 Å². The molecule has 2 aromatic heterocycles. The third-order valence-electron chi connectivity index (χ3n) is 4.65. The molecule has 130 valence electrons. The summed E-state index contributed by atoms with van der Waals surface area (Å²) in [6.45, 7) is 3.88. The molecule has 0 aliphatic carbocycles. The number of aromatic nitrogens is 3. The highest BCUT2D eigenvalue weighted by molar-refractivity contribution is 5.92. The molecular formula is C19H22N4O2. The van der Waals surface area contributed by atoms with Crippen LogP contribution in [0.1, 0.15) is 18.5 Å². The maximum Gasteiger partial charge on any atom is 0.244 e. The Hall–Kier alpha value is -2.60. The maximum atomic E-state index is 12.4. The zero-order valence-corrected chi connectivity index (χ0v) is 14.3. The number of benzene rings is 1. The molecule has 1 aromatic carbocycles. The van der Waals surface area contributed by atoms with Crippen LogP contribution < -0.4 is 5.32 Å². The fraction of sp³-hybridized carbons (Fsp3) is 0.368. The van der Waals surface area contributed by atoms with Crippen molar-refractivity contribution < 1.29 is 9.53 Å². The fourth-order valence-electron chi connectivity index (χ4n) is 3.43. The van der Waals surface area contributed by atoms with E-state index < -0.39 is 0 Å². The Morgan fingerprint density at radius 3 is 3.12 bits per heavy atom. The van der Waals surface area contributed by atoms with Gasteiger partial charge in [-0.25, -0.2) is 0 Å². The summed E-state index contributed by atoms with van der Waals surface area (Å²) in [5.41, 5.74) is 2.87. The van der Waals surface area contributed by atoms with E-state index in [2.05, 4.69) is 22.5 Å². The second-order valence-electron chi connectivity index (χ2n) is 6.56. The standard InChI is InChI=1S/C19H22N4O2/c1-14-9-15-5-2-3-7-18(15)23(14)13-19(24)21-16-10-20-22(11-16)12-17-6-4-8-25-17/h2-3,5,7,9-11,17H,4,6,8,12-13H2,1H3,(H,21,24). The summed E-state index contributed by atoms with van der Waals surface area (Å²) in [5, 5.41) is 8.40. The molecule has 1 amide bonds. The van der Waals surface area contributed by atoms with Crippen molar-refractivity contribution in [1.29, 1.82) is 0 Å². The van der Waals surface area contributed by atoms with Crippen molar-refractivity contribution in [2.24, 2.45) is 0 Å². The van der Waals surface area contributed by atoms with Crippen LogP contribution in [0.25, 0.3) is 10.9 Å². The van der Waals surface area contributed by atoms with Gasteiger partial charge in [0, 0.05) is 24.0 Å². The molecule has 1 fully saturated rings. The lowest BCUT2D eigenvalue weighted by atomic mass is 10.2. The zero-order chi connectivity index (χ0) is 17.2. The van der Waals surface area contributed by atoms with Crippen molar-refractivity contribution in [2.45, 2.75) is 39.0 Å². The van der Waals surface area contributed by atoms with Gasteiger partial charge in [0.25, 0.3) is 0 Å². The summed E-state index contributed by atoms with van der Waals surface area (Å²) in [6, 6.07) is 10.2. The molecule has 1 atom stereocenters. The molecule has 3 aromatic rings. The number of aryl methyl sites for hydroxylation is 1. The van der Waals surface area contributed by atoms with Crippen LogP contribution in [0.5, 0.6) is 0 Å². The number of rotatable bonds is 5. The molecular weight excluding hydrogens is 316 g/mol. The lowest BCUT2D eigenvalue weighted by Gasteiger charge is -2.09. The lowest BCUT2D eigenvalue weighted by Crippen LogP contribution is -2.19. The lowest BCUT2D eigenvalue weighted by molar-refractivity contribution is -0.116. The number of carbonyl (C=O) groups is 1. The van der Waals surface area contributed by atoms with Gasteiger partial charge in [-0.15, -0.1) is 0 Å². The van der Waals surface area contributed by atoms with E-state index in [0.717, 1.165) is 48.3 Å². The second kappa shape index (κ2) is 6.72. The average Bonchev–Trinajstić information content (AvgIpc) is 3.31. The molecule has 6 heteroatoms. The Balaban J connectivity index is 1.41. The molecule has 1 aliphatic rings.